The number of carbonyl (C=O) groups is 2. The van der Waals surface area contributed by atoms with Crippen LogP contribution in [0.3, 0.4) is 0 Å². The number of fused-ring (bicyclic) bond motifs is 1. The number of carbonyl (C=O) groups excluding carboxylic acids is 2. The first-order chi connectivity index (χ1) is 8.08. The number of amides is 2. The van der Waals surface area contributed by atoms with Gasteiger partial charge in [0, 0.05) is 6.92 Å². The van der Waals surface area contributed by atoms with Gasteiger partial charge in [-0.05, 0) is 22.9 Å². The number of nitrogens with one attached hydrogen (secondary N) is 1. The Hall–Kier alpha value is -2.36. The Bertz CT molecular complexity index is 605. The van der Waals surface area contributed by atoms with Gasteiger partial charge in [-0.1, -0.05) is 24.3 Å². The molecule has 0 aliphatic heterocycles. The van der Waals surface area contributed by atoms with Crippen molar-refractivity contribution >= 4 is 22.6 Å². The number of hydrogen-bond acceptors (Lipinski definition) is 3. The minimum absolute atomic E-state index is 0.0962. The normalized spacial score (nSPS) is 10.2. The smallest absolute Gasteiger partial charge is 0.261 e. The molecule has 0 radical (unpaired) electrons. The van der Waals surface area contributed by atoms with Crippen molar-refractivity contribution in [2.24, 2.45) is 0 Å². The van der Waals surface area contributed by atoms with Crippen LogP contribution in [0.2, 0.25) is 0 Å². The molecule has 2 rings (SSSR count). The number of hydrogen-bond donors (Lipinski definition) is 2. The van der Waals surface area contributed by atoms with E-state index in [1.807, 2.05) is 24.3 Å². The molecule has 0 saturated heterocycles. The molecule has 0 aromatic heterocycles. The van der Waals surface area contributed by atoms with Crippen LogP contribution in [0.15, 0.2) is 36.4 Å². The van der Waals surface area contributed by atoms with Gasteiger partial charge in [0.2, 0.25) is 5.91 Å². The van der Waals surface area contributed by atoms with E-state index in [4.69, 9.17) is 0 Å². The van der Waals surface area contributed by atoms with E-state index in [0.717, 1.165) is 10.8 Å². The summed E-state index contributed by atoms with van der Waals surface area (Å²) in [6.07, 6.45) is 0. The topological polar surface area (TPSA) is 66.4 Å². The SMILES string of the molecule is CC(=O)NC(=O)c1cc2ccccc2cc1O. The fraction of sp³-hybridized carbons (Fsp3) is 0.0769. The maximum absolute atomic E-state index is 11.6. The molecule has 0 spiro atoms. The Kier molecular flexibility index (Phi) is 2.78. The molecule has 2 aromatic carbocycles. The molecule has 0 heterocycles. The Balaban J connectivity index is 2.50. The van der Waals surface area contributed by atoms with Crippen LogP contribution in [0.25, 0.3) is 10.8 Å². The maximum atomic E-state index is 11.6. The lowest BCUT2D eigenvalue weighted by Gasteiger charge is -2.06. The summed E-state index contributed by atoms with van der Waals surface area (Å²) in [5, 5.41) is 13.5. The van der Waals surface area contributed by atoms with E-state index < -0.39 is 11.8 Å². The summed E-state index contributed by atoms with van der Waals surface area (Å²) in [5.41, 5.74) is 0.0962. The largest absolute Gasteiger partial charge is 0.507 e. The molecule has 0 fully saturated rings. The van der Waals surface area contributed by atoms with Crippen LogP contribution in [0.1, 0.15) is 17.3 Å². The molecule has 0 atom stereocenters. The van der Waals surface area contributed by atoms with Crippen LogP contribution in [0.4, 0.5) is 0 Å². The van der Waals surface area contributed by atoms with Gasteiger partial charge in [0.05, 0.1) is 5.56 Å². The van der Waals surface area contributed by atoms with Crippen LogP contribution in [0, 0.1) is 0 Å². The molecule has 4 nitrogen and oxygen atoms in total. The number of rotatable bonds is 1. The van der Waals surface area contributed by atoms with Crippen molar-refractivity contribution < 1.29 is 14.7 Å². The molecule has 0 unspecified atom stereocenters. The van der Waals surface area contributed by atoms with E-state index in [1.165, 1.54) is 13.0 Å². The lowest BCUT2D eigenvalue weighted by atomic mass is 10.1. The summed E-state index contributed by atoms with van der Waals surface area (Å²) >= 11 is 0. The van der Waals surface area contributed by atoms with E-state index in [0.29, 0.717) is 0 Å². The molecule has 4 heteroatoms. The maximum Gasteiger partial charge on any atom is 0.261 e. The lowest BCUT2D eigenvalue weighted by Crippen LogP contribution is -2.27. The Labute approximate surface area is 97.9 Å². The molecule has 2 amide bonds. The third-order valence-electron chi connectivity index (χ3n) is 2.40. The molecular weight excluding hydrogens is 218 g/mol. The Morgan fingerprint density at radius 2 is 1.71 bits per heavy atom. The number of phenolic OH excluding ortho intramolecular Hbond substituents is 1. The molecule has 2 aromatic rings. The van der Waals surface area contributed by atoms with Gasteiger partial charge in [-0.2, -0.15) is 0 Å². The highest BCUT2D eigenvalue weighted by atomic mass is 16.3. The molecule has 0 aliphatic carbocycles. The fourth-order valence-corrected chi connectivity index (χ4v) is 1.64. The van der Waals surface area contributed by atoms with Crippen LogP contribution in [-0.2, 0) is 4.79 Å². The standard InChI is InChI=1S/C13H11NO3/c1-8(15)14-13(17)11-6-9-4-2-3-5-10(9)7-12(11)16/h2-7,16H,1H3,(H,14,15,17). The van der Waals surface area contributed by atoms with Crippen molar-refractivity contribution in [1.29, 1.82) is 0 Å². The molecule has 86 valence electrons. The predicted octanol–water partition coefficient (Wildman–Crippen LogP) is 1.82. The van der Waals surface area contributed by atoms with Crippen LogP contribution < -0.4 is 5.32 Å². The second-order valence-electron chi connectivity index (χ2n) is 3.73. The van der Waals surface area contributed by atoms with Crippen molar-refractivity contribution in [1.82, 2.24) is 5.32 Å². The molecule has 2 N–H and O–H groups in total. The van der Waals surface area contributed by atoms with Crippen molar-refractivity contribution in [3.05, 3.63) is 42.0 Å². The second kappa shape index (κ2) is 4.25. The second-order valence-corrected chi connectivity index (χ2v) is 3.73. The monoisotopic (exact) mass is 229 g/mol. The van der Waals surface area contributed by atoms with Gasteiger partial charge in [-0.3, -0.25) is 14.9 Å². The fourth-order valence-electron chi connectivity index (χ4n) is 1.64. The van der Waals surface area contributed by atoms with Gasteiger partial charge in [-0.25, -0.2) is 0 Å². The van der Waals surface area contributed by atoms with Crippen LogP contribution in [-0.4, -0.2) is 16.9 Å². The zero-order valence-corrected chi connectivity index (χ0v) is 9.23. The number of aromatic hydroxyl groups is 1. The Morgan fingerprint density at radius 1 is 1.12 bits per heavy atom. The van der Waals surface area contributed by atoms with Crippen LogP contribution >= 0.6 is 0 Å². The number of imide groups is 1. The zero-order chi connectivity index (χ0) is 12.4. The van der Waals surface area contributed by atoms with Gasteiger partial charge in [0.15, 0.2) is 0 Å². The van der Waals surface area contributed by atoms with Crippen molar-refractivity contribution in [2.75, 3.05) is 0 Å². The van der Waals surface area contributed by atoms with E-state index in [2.05, 4.69) is 5.32 Å². The van der Waals surface area contributed by atoms with E-state index in [1.54, 1.807) is 6.07 Å². The molecule has 0 bridgehead atoms. The van der Waals surface area contributed by atoms with Crippen molar-refractivity contribution in [3.63, 3.8) is 0 Å². The van der Waals surface area contributed by atoms with Crippen molar-refractivity contribution in [2.45, 2.75) is 6.92 Å². The summed E-state index contributed by atoms with van der Waals surface area (Å²) in [6, 6.07) is 10.4. The predicted molar refractivity (Wildman–Crippen MR) is 63.8 cm³/mol. The summed E-state index contributed by atoms with van der Waals surface area (Å²) in [4.78, 5) is 22.4. The van der Waals surface area contributed by atoms with Gasteiger partial charge in [0.1, 0.15) is 5.75 Å². The third kappa shape index (κ3) is 2.25. The van der Waals surface area contributed by atoms with Gasteiger partial charge < -0.3 is 5.11 Å². The summed E-state index contributed by atoms with van der Waals surface area (Å²) < 4.78 is 0. The highest BCUT2D eigenvalue weighted by Crippen LogP contribution is 2.24. The van der Waals surface area contributed by atoms with Crippen LogP contribution in [0.5, 0.6) is 5.75 Å². The van der Waals surface area contributed by atoms with Crippen molar-refractivity contribution in [3.8, 4) is 5.75 Å². The highest BCUT2D eigenvalue weighted by molar-refractivity contribution is 6.07. The van der Waals surface area contributed by atoms with E-state index >= 15 is 0 Å². The summed E-state index contributed by atoms with van der Waals surface area (Å²) in [7, 11) is 0. The van der Waals surface area contributed by atoms with E-state index in [-0.39, 0.29) is 11.3 Å². The Morgan fingerprint density at radius 3 is 2.29 bits per heavy atom. The van der Waals surface area contributed by atoms with Gasteiger partial charge >= 0.3 is 0 Å². The average molecular weight is 229 g/mol. The average Bonchev–Trinajstić information content (AvgIpc) is 2.27. The first kappa shape index (κ1) is 11.1. The number of phenols is 1. The van der Waals surface area contributed by atoms with Gasteiger partial charge in [-0.15, -0.1) is 0 Å². The van der Waals surface area contributed by atoms with Gasteiger partial charge in [0.25, 0.3) is 5.91 Å². The lowest BCUT2D eigenvalue weighted by molar-refractivity contribution is -0.118. The minimum Gasteiger partial charge on any atom is -0.507 e. The summed E-state index contributed by atoms with van der Waals surface area (Å²) in [5.74, 6) is -1.19. The molecular formula is C13H11NO3. The summed E-state index contributed by atoms with van der Waals surface area (Å²) in [6.45, 7) is 1.25. The molecule has 17 heavy (non-hydrogen) atoms. The molecule has 0 aliphatic rings. The quantitative estimate of drug-likeness (QED) is 0.783. The first-order valence-corrected chi connectivity index (χ1v) is 5.11. The number of benzene rings is 2. The first-order valence-electron chi connectivity index (χ1n) is 5.11. The zero-order valence-electron chi connectivity index (χ0n) is 9.23. The highest BCUT2D eigenvalue weighted by Gasteiger charge is 2.13. The third-order valence-corrected chi connectivity index (χ3v) is 2.40. The van der Waals surface area contributed by atoms with E-state index in [9.17, 15) is 14.7 Å². The molecule has 0 saturated carbocycles. The minimum atomic E-state index is -0.597.